The normalized spacial score (nSPS) is 25.2. The lowest BCUT2D eigenvalue weighted by molar-refractivity contribution is -0.192. The molecule has 2 aliphatic rings. The van der Waals surface area contributed by atoms with Crippen molar-refractivity contribution in [3.8, 4) is 0 Å². The maximum Gasteiger partial charge on any atom is 0.490 e. The fourth-order valence-corrected chi connectivity index (χ4v) is 3.19. The van der Waals surface area contributed by atoms with Crippen LogP contribution >= 0.6 is 0 Å². The maximum atomic E-state index is 10.6. The van der Waals surface area contributed by atoms with Crippen molar-refractivity contribution in [1.82, 2.24) is 9.97 Å². The summed E-state index contributed by atoms with van der Waals surface area (Å²) < 4.78 is 43.0. The SMILES string of the molecule is COCCC1COC2(CCN(c3cnccn3)C2)C1.O=C(O)C(F)(F)F. The molecule has 1 N–H and O–H groups in total. The lowest BCUT2D eigenvalue weighted by Crippen LogP contribution is -2.33. The number of carboxylic acid groups (broad SMARTS) is 1. The van der Waals surface area contributed by atoms with Gasteiger partial charge in [0.2, 0.25) is 0 Å². The lowest BCUT2D eigenvalue weighted by Gasteiger charge is -2.23. The van der Waals surface area contributed by atoms with Crippen LogP contribution in [0.1, 0.15) is 19.3 Å². The van der Waals surface area contributed by atoms with Gasteiger partial charge in [-0.3, -0.25) is 4.98 Å². The van der Waals surface area contributed by atoms with Crippen LogP contribution in [0.4, 0.5) is 19.0 Å². The third-order valence-corrected chi connectivity index (χ3v) is 4.45. The van der Waals surface area contributed by atoms with Crippen molar-refractivity contribution in [3.05, 3.63) is 18.6 Å². The number of rotatable bonds is 4. The predicted molar refractivity (Wildman–Crippen MR) is 85.8 cm³/mol. The first-order valence-electron chi connectivity index (χ1n) is 8.20. The van der Waals surface area contributed by atoms with Crippen molar-refractivity contribution in [2.45, 2.75) is 31.0 Å². The van der Waals surface area contributed by atoms with E-state index in [1.165, 1.54) is 0 Å². The molecule has 10 heteroatoms. The molecule has 0 bridgehead atoms. The Balaban J connectivity index is 0.000000298. The second kappa shape index (κ2) is 8.63. The summed E-state index contributed by atoms with van der Waals surface area (Å²) in [5.41, 5.74) is 0.0376. The number of carboxylic acids is 1. The highest BCUT2D eigenvalue weighted by Crippen LogP contribution is 2.39. The number of alkyl halides is 3. The van der Waals surface area contributed by atoms with E-state index < -0.39 is 12.1 Å². The summed E-state index contributed by atoms with van der Waals surface area (Å²) >= 11 is 0. The van der Waals surface area contributed by atoms with Crippen molar-refractivity contribution in [3.63, 3.8) is 0 Å². The molecule has 0 amide bonds. The fourth-order valence-electron chi connectivity index (χ4n) is 3.19. The summed E-state index contributed by atoms with van der Waals surface area (Å²) in [6, 6.07) is 0. The van der Waals surface area contributed by atoms with E-state index >= 15 is 0 Å². The summed E-state index contributed by atoms with van der Waals surface area (Å²) in [4.78, 5) is 19.7. The number of methoxy groups -OCH3 is 1. The number of nitrogens with zero attached hydrogens (tertiary/aromatic N) is 3. The van der Waals surface area contributed by atoms with Gasteiger partial charge in [-0.15, -0.1) is 0 Å². The molecule has 3 heterocycles. The topological polar surface area (TPSA) is 84.8 Å². The van der Waals surface area contributed by atoms with E-state index in [1.54, 1.807) is 19.5 Å². The molecule has 2 atom stereocenters. The molecule has 0 aliphatic carbocycles. The van der Waals surface area contributed by atoms with Crippen LogP contribution in [-0.4, -0.2) is 66.2 Å². The number of hydrogen-bond acceptors (Lipinski definition) is 6. The Morgan fingerprint density at radius 2 is 2.23 bits per heavy atom. The van der Waals surface area contributed by atoms with Crippen LogP contribution in [0.3, 0.4) is 0 Å². The van der Waals surface area contributed by atoms with Gasteiger partial charge in [0.15, 0.2) is 0 Å². The highest BCUT2D eigenvalue weighted by Gasteiger charge is 2.45. The van der Waals surface area contributed by atoms with Gasteiger partial charge in [0, 0.05) is 39.2 Å². The van der Waals surface area contributed by atoms with Crippen molar-refractivity contribution < 1.29 is 32.5 Å². The van der Waals surface area contributed by atoms with E-state index in [0.29, 0.717) is 5.92 Å². The molecule has 1 aromatic rings. The number of anilines is 1. The van der Waals surface area contributed by atoms with Gasteiger partial charge >= 0.3 is 12.1 Å². The van der Waals surface area contributed by atoms with Crippen LogP contribution in [0.2, 0.25) is 0 Å². The molecule has 0 radical (unpaired) electrons. The second-order valence-corrected chi connectivity index (χ2v) is 6.38. The molecule has 2 fully saturated rings. The highest BCUT2D eigenvalue weighted by atomic mass is 19.4. The largest absolute Gasteiger partial charge is 0.490 e. The van der Waals surface area contributed by atoms with E-state index in [4.69, 9.17) is 19.4 Å². The van der Waals surface area contributed by atoms with Crippen molar-refractivity contribution in [2.24, 2.45) is 5.92 Å². The zero-order valence-electron chi connectivity index (χ0n) is 14.4. The molecule has 2 unspecified atom stereocenters. The molecule has 146 valence electrons. The first-order chi connectivity index (χ1) is 12.3. The number of carbonyl (C=O) groups is 1. The summed E-state index contributed by atoms with van der Waals surface area (Å²) in [7, 11) is 1.76. The predicted octanol–water partition coefficient (Wildman–Crippen LogP) is 2.13. The second-order valence-electron chi connectivity index (χ2n) is 6.38. The number of ether oxygens (including phenoxy) is 2. The molecule has 0 aromatic carbocycles. The summed E-state index contributed by atoms with van der Waals surface area (Å²) in [5, 5.41) is 7.12. The zero-order chi connectivity index (χ0) is 19.2. The molecule has 0 saturated carbocycles. The summed E-state index contributed by atoms with van der Waals surface area (Å²) in [6.45, 7) is 3.65. The third-order valence-electron chi connectivity index (χ3n) is 4.45. The fraction of sp³-hybridized carbons (Fsp3) is 0.688. The first-order valence-corrected chi connectivity index (χ1v) is 8.20. The van der Waals surface area contributed by atoms with Gasteiger partial charge in [-0.05, 0) is 25.2 Å². The number of aromatic nitrogens is 2. The highest BCUT2D eigenvalue weighted by molar-refractivity contribution is 5.73. The van der Waals surface area contributed by atoms with E-state index in [2.05, 4.69) is 14.9 Å². The molecular formula is C16H22F3N3O4. The quantitative estimate of drug-likeness (QED) is 0.860. The van der Waals surface area contributed by atoms with Crippen molar-refractivity contribution in [1.29, 1.82) is 0 Å². The standard InChI is InChI=1S/C14H21N3O2.C2HF3O2/c1-18-7-2-12-8-14(19-10-12)3-6-17(11-14)13-9-15-4-5-16-13;3-2(4,5)1(6)7/h4-5,9,12H,2-3,6-8,10-11H2,1H3;(H,6,7). The minimum atomic E-state index is -5.08. The Labute approximate surface area is 149 Å². The van der Waals surface area contributed by atoms with Gasteiger partial charge in [-0.2, -0.15) is 13.2 Å². The molecule has 2 saturated heterocycles. The average molecular weight is 377 g/mol. The minimum Gasteiger partial charge on any atom is -0.475 e. The van der Waals surface area contributed by atoms with Crippen LogP contribution in [0, 0.1) is 5.92 Å². The van der Waals surface area contributed by atoms with Crippen LogP contribution in [0.5, 0.6) is 0 Å². The van der Waals surface area contributed by atoms with Crippen molar-refractivity contribution in [2.75, 3.05) is 38.3 Å². The molecule has 1 aromatic heterocycles. The molecule has 2 aliphatic heterocycles. The Morgan fingerprint density at radius 1 is 1.50 bits per heavy atom. The molecule has 1 spiro atoms. The van der Waals surface area contributed by atoms with Crippen LogP contribution < -0.4 is 4.90 Å². The van der Waals surface area contributed by atoms with Crippen LogP contribution in [0.15, 0.2) is 18.6 Å². The Hall–Kier alpha value is -1.94. The first kappa shape index (κ1) is 20.4. The zero-order valence-corrected chi connectivity index (χ0v) is 14.4. The van der Waals surface area contributed by atoms with Gasteiger partial charge in [0.25, 0.3) is 0 Å². The van der Waals surface area contributed by atoms with E-state index in [9.17, 15) is 13.2 Å². The smallest absolute Gasteiger partial charge is 0.475 e. The number of halogens is 3. The summed E-state index contributed by atoms with van der Waals surface area (Å²) in [6.07, 6.45) is 3.54. The van der Waals surface area contributed by atoms with E-state index in [0.717, 1.165) is 51.4 Å². The molecule has 3 rings (SSSR count). The van der Waals surface area contributed by atoms with Gasteiger partial charge in [-0.1, -0.05) is 0 Å². The molecular weight excluding hydrogens is 355 g/mol. The number of aliphatic carboxylic acids is 1. The Bertz CT molecular complexity index is 588. The van der Waals surface area contributed by atoms with Crippen LogP contribution in [-0.2, 0) is 14.3 Å². The Morgan fingerprint density at radius 3 is 2.81 bits per heavy atom. The van der Waals surface area contributed by atoms with Gasteiger partial charge in [0.05, 0.1) is 18.4 Å². The lowest BCUT2D eigenvalue weighted by atomic mass is 9.92. The van der Waals surface area contributed by atoms with E-state index in [1.807, 2.05) is 6.20 Å². The summed E-state index contributed by atoms with van der Waals surface area (Å²) in [5.74, 6) is -1.16. The van der Waals surface area contributed by atoms with Gasteiger partial charge in [-0.25, -0.2) is 9.78 Å². The van der Waals surface area contributed by atoms with Gasteiger partial charge < -0.3 is 19.5 Å². The van der Waals surface area contributed by atoms with E-state index in [-0.39, 0.29) is 5.60 Å². The maximum absolute atomic E-state index is 10.6. The Kier molecular flexibility index (Phi) is 6.76. The van der Waals surface area contributed by atoms with Crippen LogP contribution in [0.25, 0.3) is 0 Å². The third kappa shape index (κ3) is 5.53. The molecule has 7 nitrogen and oxygen atoms in total. The van der Waals surface area contributed by atoms with Gasteiger partial charge in [0.1, 0.15) is 5.82 Å². The van der Waals surface area contributed by atoms with Crippen molar-refractivity contribution >= 4 is 11.8 Å². The molecule has 26 heavy (non-hydrogen) atoms. The minimum absolute atomic E-state index is 0.0376. The number of hydrogen-bond donors (Lipinski definition) is 1. The average Bonchev–Trinajstić information content (AvgIpc) is 3.21. The monoisotopic (exact) mass is 377 g/mol.